The fourth-order valence-electron chi connectivity index (χ4n) is 3.25. The quantitative estimate of drug-likeness (QED) is 0.737. The predicted molar refractivity (Wildman–Crippen MR) is 102 cm³/mol. The molecule has 0 saturated heterocycles. The first kappa shape index (κ1) is 16.3. The Balaban J connectivity index is 1.91. The van der Waals surface area contributed by atoms with Crippen LogP contribution in [0.5, 0.6) is 0 Å². The van der Waals surface area contributed by atoms with Gasteiger partial charge < -0.3 is 9.47 Å². The molecule has 130 valence electrons. The van der Waals surface area contributed by atoms with E-state index < -0.39 is 0 Å². The zero-order chi connectivity index (χ0) is 17.6. The molecule has 0 atom stereocenters. The van der Waals surface area contributed by atoms with Gasteiger partial charge in [-0.05, 0) is 45.3 Å². The summed E-state index contributed by atoms with van der Waals surface area (Å²) in [5.74, 6) is 0. The van der Waals surface area contributed by atoms with Crippen LogP contribution in [0.25, 0.3) is 21.8 Å². The Morgan fingerprint density at radius 1 is 1.36 bits per heavy atom. The van der Waals surface area contributed by atoms with Crippen molar-refractivity contribution in [2.24, 2.45) is 4.99 Å². The summed E-state index contributed by atoms with van der Waals surface area (Å²) in [5.41, 5.74) is 3.54. The molecule has 1 aromatic carbocycles. The molecule has 0 unspecified atom stereocenters. The molecule has 2 aromatic heterocycles. The lowest BCUT2D eigenvalue weighted by molar-refractivity contribution is 0.387. The second-order valence-electron chi connectivity index (χ2n) is 6.76. The highest BCUT2D eigenvalue weighted by atomic mass is 35.5. The summed E-state index contributed by atoms with van der Waals surface area (Å²) < 4.78 is 1.85. The van der Waals surface area contributed by atoms with Crippen molar-refractivity contribution in [3.8, 4) is 0 Å². The summed E-state index contributed by atoms with van der Waals surface area (Å²) in [6.07, 6.45) is 1.56. The number of benzene rings is 1. The van der Waals surface area contributed by atoms with Crippen molar-refractivity contribution < 1.29 is 0 Å². The minimum atomic E-state index is 0.00794. The van der Waals surface area contributed by atoms with Crippen molar-refractivity contribution in [3.63, 3.8) is 0 Å². The number of nitrogens with one attached hydrogen (secondary N) is 1. The molecule has 1 aliphatic rings. The number of hydrogen-bond acceptors (Lipinski definition) is 4. The highest BCUT2D eigenvalue weighted by molar-refractivity contribution is 6.31. The smallest absolute Gasteiger partial charge is 0.262 e. The van der Waals surface area contributed by atoms with E-state index in [9.17, 15) is 4.79 Å². The van der Waals surface area contributed by atoms with Gasteiger partial charge in [0.1, 0.15) is 5.52 Å². The van der Waals surface area contributed by atoms with E-state index >= 15 is 0 Å². The third-order valence-corrected chi connectivity index (χ3v) is 4.79. The summed E-state index contributed by atoms with van der Waals surface area (Å²) in [4.78, 5) is 19.5. The zero-order valence-electron chi connectivity index (χ0n) is 14.3. The number of hydrogen-bond donors (Lipinski definition) is 1. The van der Waals surface area contributed by atoms with Crippen molar-refractivity contribution in [2.45, 2.75) is 19.4 Å². The standard InChI is InChI=1S/C18H20ClN5O/c1-23(2)6-3-7-24-15-5-4-11(19)8-13(15)17-16(18(24)25)14(21-22-17)9-12-10-20-12/h4-5,8H,3,6-7,9-10H2,1-2H3,(H,21,22). The van der Waals surface area contributed by atoms with Crippen LogP contribution in [0.4, 0.5) is 0 Å². The number of rotatable bonds is 6. The Kier molecular flexibility index (Phi) is 4.09. The maximum Gasteiger partial charge on any atom is 0.262 e. The van der Waals surface area contributed by atoms with Gasteiger partial charge in [-0.3, -0.25) is 14.9 Å². The van der Waals surface area contributed by atoms with Crippen LogP contribution in [0.1, 0.15) is 12.1 Å². The van der Waals surface area contributed by atoms with Gasteiger partial charge in [-0.15, -0.1) is 0 Å². The molecule has 0 spiro atoms. The highest BCUT2D eigenvalue weighted by Crippen LogP contribution is 2.26. The van der Waals surface area contributed by atoms with E-state index in [1.807, 2.05) is 36.9 Å². The van der Waals surface area contributed by atoms with Crippen LogP contribution in [0.3, 0.4) is 0 Å². The number of aromatic amines is 1. The van der Waals surface area contributed by atoms with Crippen LogP contribution in [-0.4, -0.2) is 52.6 Å². The van der Waals surface area contributed by atoms with Gasteiger partial charge in [-0.2, -0.15) is 5.10 Å². The highest BCUT2D eigenvalue weighted by Gasteiger charge is 2.20. The van der Waals surface area contributed by atoms with Crippen LogP contribution in [-0.2, 0) is 13.0 Å². The van der Waals surface area contributed by atoms with E-state index in [-0.39, 0.29) is 5.56 Å². The molecule has 0 bridgehead atoms. The number of halogens is 1. The van der Waals surface area contributed by atoms with Crippen molar-refractivity contribution in [3.05, 3.63) is 39.3 Å². The van der Waals surface area contributed by atoms with Crippen LogP contribution in [0, 0.1) is 0 Å². The topological polar surface area (TPSA) is 66.3 Å². The monoisotopic (exact) mass is 357 g/mol. The third-order valence-electron chi connectivity index (χ3n) is 4.55. The van der Waals surface area contributed by atoms with Gasteiger partial charge >= 0.3 is 0 Å². The minimum absolute atomic E-state index is 0.00794. The summed E-state index contributed by atoms with van der Waals surface area (Å²) in [5, 5.41) is 9.68. The molecule has 3 heterocycles. The summed E-state index contributed by atoms with van der Waals surface area (Å²) in [7, 11) is 4.07. The molecule has 6 nitrogen and oxygen atoms in total. The molecule has 7 heteroatoms. The Bertz CT molecular complexity index is 1050. The molecular weight excluding hydrogens is 338 g/mol. The van der Waals surface area contributed by atoms with Gasteiger partial charge in [-0.25, -0.2) is 0 Å². The SMILES string of the molecule is CN(C)CCCn1c(=O)c2c(CC3=NC3)[nH]nc2c2cc(Cl)ccc21. The Morgan fingerprint density at radius 3 is 2.88 bits per heavy atom. The molecule has 1 aliphatic heterocycles. The van der Waals surface area contributed by atoms with Gasteiger partial charge in [0, 0.05) is 29.1 Å². The molecule has 4 rings (SSSR count). The minimum Gasteiger partial charge on any atom is -0.309 e. The number of aryl methyl sites for hydroxylation is 1. The van der Waals surface area contributed by atoms with Gasteiger partial charge in [0.25, 0.3) is 5.56 Å². The van der Waals surface area contributed by atoms with Gasteiger partial charge in [0.05, 0.1) is 23.1 Å². The lowest BCUT2D eigenvalue weighted by Gasteiger charge is -2.14. The second-order valence-corrected chi connectivity index (χ2v) is 7.20. The largest absolute Gasteiger partial charge is 0.309 e. The lowest BCUT2D eigenvalue weighted by atomic mass is 10.1. The molecule has 3 aromatic rings. The molecule has 0 radical (unpaired) electrons. The first-order chi connectivity index (χ1) is 12.0. The Morgan fingerprint density at radius 2 is 2.16 bits per heavy atom. The Labute approximate surface area is 150 Å². The maximum absolute atomic E-state index is 13.2. The van der Waals surface area contributed by atoms with Crippen LogP contribution in [0.2, 0.25) is 5.02 Å². The van der Waals surface area contributed by atoms with E-state index in [4.69, 9.17) is 11.6 Å². The van der Waals surface area contributed by atoms with E-state index in [0.29, 0.717) is 28.9 Å². The van der Waals surface area contributed by atoms with Crippen molar-refractivity contribution in [1.82, 2.24) is 19.7 Å². The zero-order valence-corrected chi connectivity index (χ0v) is 15.1. The summed E-state index contributed by atoms with van der Waals surface area (Å²) >= 11 is 6.21. The van der Waals surface area contributed by atoms with Crippen molar-refractivity contribution >= 4 is 39.1 Å². The molecule has 1 N–H and O–H groups in total. The summed E-state index contributed by atoms with van der Waals surface area (Å²) in [6.45, 7) is 2.38. The molecule has 0 amide bonds. The summed E-state index contributed by atoms with van der Waals surface area (Å²) in [6, 6.07) is 5.62. The third kappa shape index (κ3) is 3.07. The van der Waals surface area contributed by atoms with Gasteiger partial charge in [0.15, 0.2) is 0 Å². The van der Waals surface area contributed by atoms with E-state index in [1.54, 1.807) is 0 Å². The Hall–Kier alpha value is -2.18. The van der Waals surface area contributed by atoms with Gasteiger partial charge in [-0.1, -0.05) is 11.6 Å². The van der Waals surface area contributed by atoms with Crippen LogP contribution < -0.4 is 5.56 Å². The number of nitrogens with zero attached hydrogens (tertiary/aromatic N) is 4. The molecule has 0 aliphatic carbocycles. The number of fused-ring (bicyclic) bond motifs is 3. The van der Waals surface area contributed by atoms with Crippen LogP contribution >= 0.6 is 11.6 Å². The first-order valence-electron chi connectivity index (χ1n) is 8.40. The average Bonchev–Trinajstić information content (AvgIpc) is 3.28. The van der Waals surface area contributed by atoms with E-state index in [1.165, 1.54) is 0 Å². The number of aliphatic imine (C=N–C) groups is 1. The first-order valence-corrected chi connectivity index (χ1v) is 8.78. The lowest BCUT2D eigenvalue weighted by Crippen LogP contribution is -2.24. The number of pyridine rings is 1. The van der Waals surface area contributed by atoms with Gasteiger partial charge in [0.2, 0.25) is 0 Å². The number of aromatic nitrogens is 3. The maximum atomic E-state index is 13.2. The predicted octanol–water partition coefficient (Wildman–Crippen LogP) is 2.48. The van der Waals surface area contributed by atoms with Crippen molar-refractivity contribution in [2.75, 3.05) is 27.2 Å². The molecular formula is C18H20ClN5O. The normalized spacial score (nSPS) is 13.8. The van der Waals surface area contributed by atoms with Crippen LogP contribution in [0.15, 0.2) is 28.0 Å². The molecule has 0 fully saturated rings. The van der Waals surface area contributed by atoms with E-state index in [2.05, 4.69) is 20.1 Å². The van der Waals surface area contributed by atoms with Crippen molar-refractivity contribution in [1.29, 1.82) is 0 Å². The fraction of sp³-hybridized carbons (Fsp3) is 0.389. The van der Waals surface area contributed by atoms with E-state index in [0.717, 1.165) is 41.8 Å². The average molecular weight is 358 g/mol. The fourth-order valence-corrected chi connectivity index (χ4v) is 3.42. The molecule has 25 heavy (non-hydrogen) atoms. The second kappa shape index (κ2) is 6.28. The number of H-pyrrole nitrogens is 1. The molecule has 0 saturated carbocycles.